The van der Waals surface area contributed by atoms with Gasteiger partial charge in [0, 0.05) is 6.54 Å². The second kappa shape index (κ2) is 6.72. The predicted molar refractivity (Wildman–Crippen MR) is 73.9 cm³/mol. The molecule has 1 rings (SSSR count). The van der Waals surface area contributed by atoms with Crippen LogP contribution in [-0.4, -0.2) is 51.9 Å². The molecule has 0 aliphatic carbocycles. The molecule has 108 valence electrons. The van der Waals surface area contributed by atoms with Gasteiger partial charge in [0.25, 0.3) is 0 Å². The Balaban J connectivity index is 2.64. The van der Waals surface area contributed by atoms with Crippen LogP contribution < -0.4 is 11.1 Å². The highest BCUT2D eigenvalue weighted by Gasteiger charge is 2.23. The largest absolute Gasteiger partial charge is 0.397 e. The molecule has 0 radical (unpaired) electrons. The topological polar surface area (TPSA) is 119 Å². The van der Waals surface area contributed by atoms with E-state index in [4.69, 9.17) is 10.8 Å². The van der Waals surface area contributed by atoms with Crippen LogP contribution in [0.3, 0.4) is 0 Å². The number of aliphatic hydroxyl groups is 4. The molecule has 0 fully saturated rings. The normalized spacial score (nSPS) is 15.9. The van der Waals surface area contributed by atoms with Crippen LogP contribution in [0.4, 0.5) is 11.4 Å². The van der Waals surface area contributed by atoms with Gasteiger partial charge in [0.05, 0.1) is 24.1 Å². The molecule has 0 spiro atoms. The van der Waals surface area contributed by atoms with Gasteiger partial charge < -0.3 is 31.5 Å². The lowest BCUT2D eigenvalue weighted by Crippen LogP contribution is -2.42. The van der Waals surface area contributed by atoms with E-state index in [1.54, 1.807) is 0 Å². The maximum Gasteiger partial charge on any atom is 0.110 e. The first kappa shape index (κ1) is 15.7. The molecule has 6 nitrogen and oxygen atoms in total. The number of aryl methyl sites for hydroxylation is 2. The molecule has 7 N–H and O–H groups in total. The highest BCUT2D eigenvalue weighted by Crippen LogP contribution is 2.23. The Labute approximate surface area is 112 Å². The summed E-state index contributed by atoms with van der Waals surface area (Å²) in [5.41, 5.74) is 9.18. The van der Waals surface area contributed by atoms with Crippen molar-refractivity contribution < 1.29 is 20.4 Å². The second-order valence-electron chi connectivity index (χ2n) is 4.71. The van der Waals surface area contributed by atoms with Gasteiger partial charge in [-0.15, -0.1) is 0 Å². The van der Waals surface area contributed by atoms with E-state index >= 15 is 0 Å². The zero-order valence-corrected chi connectivity index (χ0v) is 11.2. The highest BCUT2D eigenvalue weighted by atomic mass is 16.4. The lowest BCUT2D eigenvalue weighted by molar-refractivity contribution is -0.0715. The van der Waals surface area contributed by atoms with E-state index in [1.807, 2.05) is 26.0 Å². The van der Waals surface area contributed by atoms with Gasteiger partial charge in [-0.3, -0.25) is 0 Å². The summed E-state index contributed by atoms with van der Waals surface area (Å²) in [6.45, 7) is 3.31. The molecule has 0 heterocycles. The quantitative estimate of drug-likeness (QED) is 0.383. The fourth-order valence-corrected chi connectivity index (χ4v) is 1.69. The fourth-order valence-electron chi connectivity index (χ4n) is 1.69. The second-order valence-corrected chi connectivity index (χ2v) is 4.71. The maximum absolute atomic E-state index is 9.67. The number of rotatable bonds is 6. The number of nitrogens with one attached hydrogen (secondary N) is 1. The van der Waals surface area contributed by atoms with Crippen LogP contribution in [0.25, 0.3) is 0 Å². The monoisotopic (exact) mass is 270 g/mol. The fraction of sp³-hybridized carbons (Fsp3) is 0.538. The van der Waals surface area contributed by atoms with Gasteiger partial charge in [-0.1, -0.05) is 0 Å². The number of aliphatic hydroxyl groups excluding tert-OH is 4. The van der Waals surface area contributed by atoms with E-state index in [9.17, 15) is 15.3 Å². The first-order valence-corrected chi connectivity index (χ1v) is 6.12. The summed E-state index contributed by atoms with van der Waals surface area (Å²) in [7, 11) is 0. The van der Waals surface area contributed by atoms with E-state index < -0.39 is 24.9 Å². The molecular formula is C13H22N2O4. The lowest BCUT2D eigenvalue weighted by Gasteiger charge is -2.22. The lowest BCUT2D eigenvalue weighted by atomic mass is 10.1. The molecule has 19 heavy (non-hydrogen) atoms. The van der Waals surface area contributed by atoms with Crippen molar-refractivity contribution in [2.24, 2.45) is 0 Å². The van der Waals surface area contributed by atoms with Crippen LogP contribution >= 0.6 is 0 Å². The Hall–Kier alpha value is -1.34. The molecule has 0 aliphatic heterocycles. The Morgan fingerprint density at radius 2 is 1.68 bits per heavy atom. The highest BCUT2D eigenvalue weighted by molar-refractivity contribution is 5.68. The van der Waals surface area contributed by atoms with Crippen LogP contribution in [0.1, 0.15) is 11.1 Å². The molecule has 0 aromatic heterocycles. The minimum absolute atomic E-state index is 0.0188. The number of nitrogen functional groups attached to an aromatic ring is 1. The first-order chi connectivity index (χ1) is 8.86. The van der Waals surface area contributed by atoms with Crippen molar-refractivity contribution in [1.82, 2.24) is 0 Å². The number of anilines is 2. The summed E-state index contributed by atoms with van der Waals surface area (Å²) in [5, 5.41) is 40.0. The molecule has 0 saturated heterocycles. The summed E-state index contributed by atoms with van der Waals surface area (Å²) in [6.07, 6.45) is -3.98. The molecule has 6 heteroatoms. The third-order valence-corrected chi connectivity index (χ3v) is 3.14. The molecule has 3 atom stereocenters. The smallest absolute Gasteiger partial charge is 0.110 e. The van der Waals surface area contributed by atoms with E-state index in [0.29, 0.717) is 11.4 Å². The standard InChI is InChI=1S/C13H22N2O4/c1-7-3-9(14)10(4-8(7)2)15-5-11(17)13(19)12(18)6-16/h3-4,11-13,15-19H,5-6,14H2,1-2H3/t11-,12-,13-/m0/s1. The summed E-state index contributed by atoms with van der Waals surface area (Å²) in [6, 6.07) is 3.68. The SMILES string of the molecule is Cc1cc(N)c(NC[C@H](O)[C@H](O)[C@@H](O)CO)cc1C. The van der Waals surface area contributed by atoms with E-state index in [0.717, 1.165) is 11.1 Å². The van der Waals surface area contributed by atoms with E-state index in [2.05, 4.69) is 5.32 Å². The molecule has 1 aromatic rings. The average molecular weight is 270 g/mol. The minimum Gasteiger partial charge on any atom is -0.397 e. The number of nitrogens with two attached hydrogens (primary N) is 1. The van der Waals surface area contributed by atoms with Gasteiger partial charge in [0.15, 0.2) is 0 Å². The maximum atomic E-state index is 9.67. The van der Waals surface area contributed by atoms with E-state index in [1.165, 1.54) is 0 Å². The van der Waals surface area contributed by atoms with Crippen molar-refractivity contribution in [1.29, 1.82) is 0 Å². The van der Waals surface area contributed by atoms with Gasteiger partial charge in [-0.05, 0) is 37.1 Å². The first-order valence-electron chi connectivity index (χ1n) is 6.12. The van der Waals surface area contributed by atoms with Crippen LogP contribution in [0.2, 0.25) is 0 Å². The van der Waals surface area contributed by atoms with Crippen molar-refractivity contribution >= 4 is 11.4 Å². The Bertz CT molecular complexity index is 425. The summed E-state index contributed by atoms with van der Waals surface area (Å²) >= 11 is 0. The molecule has 0 aliphatic rings. The van der Waals surface area contributed by atoms with Crippen LogP contribution in [-0.2, 0) is 0 Å². The van der Waals surface area contributed by atoms with Crippen molar-refractivity contribution in [2.75, 3.05) is 24.2 Å². The van der Waals surface area contributed by atoms with Crippen LogP contribution in [0.15, 0.2) is 12.1 Å². The van der Waals surface area contributed by atoms with Crippen LogP contribution in [0.5, 0.6) is 0 Å². The third-order valence-electron chi connectivity index (χ3n) is 3.14. The molecule has 0 saturated carbocycles. The van der Waals surface area contributed by atoms with Crippen molar-refractivity contribution in [3.05, 3.63) is 23.3 Å². The summed E-state index contributed by atoms with van der Waals surface area (Å²) < 4.78 is 0. The Kier molecular flexibility index (Phi) is 5.56. The average Bonchev–Trinajstić information content (AvgIpc) is 2.39. The predicted octanol–water partition coefficient (Wildman–Crippen LogP) is -0.627. The zero-order chi connectivity index (χ0) is 14.6. The third kappa shape index (κ3) is 4.07. The van der Waals surface area contributed by atoms with Gasteiger partial charge in [0.2, 0.25) is 0 Å². The molecule has 0 amide bonds. The van der Waals surface area contributed by atoms with Gasteiger partial charge in [0.1, 0.15) is 12.2 Å². The number of hydrogen-bond donors (Lipinski definition) is 6. The molecular weight excluding hydrogens is 248 g/mol. The minimum atomic E-state index is -1.41. The van der Waals surface area contributed by atoms with Crippen molar-refractivity contribution in [3.63, 3.8) is 0 Å². The Morgan fingerprint density at radius 3 is 2.26 bits per heavy atom. The van der Waals surface area contributed by atoms with Crippen molar-refractivity contribution in [3.8, 4) is 0 Å². The van der Waals surface area contributed by atoms with E-state index in [-0.39, 0.29) is 6.54 Å². The Morgan fingerprint density at radius 1 is 1.11 bits per heavy atom. The summed E-state index contributed by atoms with van der Waals surface area (Å²) in [4.78, 5) is 0. The van der Waals surface area contributed by atoms with Crippen molar-refractivity contribution in [2.45, 2.75) is 32.2 Å². The van der Waals surface area contributed by atoms with Crippen LogP contribution in [0, 0.1) is 13.8 Å². The number of hydrogen-bond acceptors (Lipinski definition) is 6. The number of benzene rings is 1. The summed E-state index contributed by atoms with van der Waals surface area (Å²) in [5.74, 6) is 0. The van der Waals surface area contributed by atoms with Gasteiger partial charge in [-0.25, -0.2) is 0 Å². The van der Waals surface area contributed by atoms with Gasteiger partial charge in [-0.2, -0.15) is 0 Å². The molecule has 0 bridgehead atoms. The molecule has 1 aromatic carbocycles. The molecule has 0 unspecified atom stereocenters. The van der Waals surface area contributed by atoms with Gasteiger partial charge >= 0.3 is 0 Å². The zero-order valence-electron chi connectivity index (χ0n) is 11.2.